The molecule has 3 rings (SSSR count). The van der Waals surface area contributed by atoms with E-state index in [2.05, 4.69) is 4.98 Å². The van der Waals surface area contributed by atoms with E-state index in [0.717, 1.165) is 5.52 Å². The van der Waals surface area contributed by atoms with E-state index in [1.165, 1.54) is 4.57 Å². The first-order valence-electron chi connectivity index (χ1n) is 5.53. The van der Waals surface area contributed by atoms with E-state index in [1.807, 2.05) is 18.2 Å². The highest BCUT2D eigenvalue weighted by Crippen LogP contribution is 2.21. The number of nitrogens with zero attached hydrogens (tertiary/aromatic N) is 2. The van der Waals surface area contributed by atoms with Gasteiger partial charge in [-0.1, -0.05) is 35.3 Å². The maximum atomic E-state index is 11.8. The van der Waals surface area contributed by atoms with E-state index in [0.29, 0.717) is 27.9 Å². The van der Waals surface area contributed by atoms with Crippen LogP contribution >= 0.6 is 23.2 Å². The minimum absolute atomic E-state index is 0.291. The lowest BCUT2D eigenvalue weighted by Crippen LogP contribution is -2.15. The molecule has 6 heteroatoms. The number of pyridine rings is 1. The standard InChI is InChI=1S/C13H8Cl2N2O2/c14-9-5-12(15)16-6-8(9)7-17-10-3-1-2-4-11(10)19-13(17)18/h1-6H,7H2. The number of hydrogen-bond donors (Lipinski definition) is 0. The van der Waals surface area contributed by atoms with Crippen molar-refractivity contribution >= 4 is 34.3 Å². The van der Waals surface area contributed by atoms with Crippen molar-refractivity contribution in [1.82, 2.24) is 9.55 Å². The quantitative estimate of drug-likeness (QED) is 0.681. The van der Waals surface area contributed by atoms with Crippen LogP contribution < -0.4 is 5.76 Å². The van der Waals surface area contributed by atoms with Crippen LogP contribution in [0.1, 0.15) is 5.56 Å². The summed E-state index contributed by atoms with van der Waals surface area (Å²) in [4.78, 5) is 15.8. The van der Waals surface area contributed by atoms with Gasteiger partial charge in [0.1, 0.15) is 5.15 Å². The van der Waals surface area contributed by atoms with E-state index in [-0.39, 0.29) is 0 Å². The van der Waals surface area contributed by atoms with Crippen LogP contribution in [0, 0.1) is 0 Å². The number of halogens is 2. The van der Waals surface area contributed by atoms with Gasteiger partial charge >= 0.3 is 5.76 Å². The van der Waals surface area contributed by atoms with Crippen LogP contribution in [0.15, 0.2) is 45.7 Å². The van der Waals surface area contributed by atoms with Crippen LogP contribution in [0.4, 0.5) is 0 Å². The first-order chi connectivity index (χ1) is 9.15. The van der Waals surface area contributed by atoms with E-state index in [1.54, 1.807) is 18.3 Å². The van der Waals surface area contributed by atoms with Crippen molar-refractivity contribution < 1.29 is 4.42 Å². The fourth-order valence-corrected chi connectivity index (χ4v) is 2.31. The summed E-state index contributed by atoms with van der Waals surface area (Å²) >= 11 is 11.8. The molecule has 2 heterocycles. The Bertz CT molecular complexity index is 808. The Hall–Kier alpha value is -1.78. The minimum atomic E-state index is -0.424. The number of para-hydroxylation sites is 2. The number of fused-ring (bicyclic) bond motifs is 1. The lowest BCUT2D eigenvalue weighted by atomic mass is 10.2. The molecule has 0 aliphatic rings. The zero-order valence-corrected chi connectivity index (χ0v) is 11.1. The Morgan fingerprint density at radius 3 is 2.84 bits per heavy atom. The van der Waals surface area contributed by atoms with Crippen LogP contribution in [-0.4, -0.2) is 9.55 Å². The highest BCUT2D eigenvalue weighted by Gasteiger charge is 2.11. The monoisotopic (exact) mass is 294 g/mol. The number of rotatable bonds is 2. The average molecular weight is 295 g/mol. The summed E-state index contributed by atoms with van der Waals surface area (Å²) in [6, 6.07) is 8.76. The Labute approximate surface area is 118 Å². The Morgan fingerprint density at radius 1 is 1.26 bits per heavy atom. The van der Waals surface area contributed by atoms with E-state index in [4.69, 9.17) is 27.6 Å². The molecule has 0 amide bonds. The van der Waals surface area contributed by atoms with E-state index < -0.39 is 5.76 Å². The lowest BCUT2D eigenvalue weighted by molar-refractivity contribution is 0.517. The topological polar surface area (TPSA) is 48.0 Å². The fraction of sp³-hybridized carbons (Fsp3) is 0.0769. The van der Waals surface area contributed by atoms with Gasteiger partial charge in [0.2, 0.25) is 0 Å². The molecule has 0 spiro atoms. The molecule has 0 bridgehead atoms. The molecule has 2 aromatic heterocycles. The van der Waals surface area contributed by atoms with Gasteiger partial charge in [-0.2, -0.15) is 0 Å². The summed E-state index contributed by atoms with van der Waals surface area (Å²) in [5, 5.41) is 0.787. The molecule has 4 nitrogen and oxygen atoms in total. The van der Waals surface area contributed by atoms with Gasteiger partial charge < -0.3 is 4.42 Å². The summed E-state index contributed by atoms with van der Waals surface area (Å²) in [6.45, 7) is 0.291. The molecule has 3 aromatic rings. The van der Waals surface area contributed by atoms with Gasteiger partial charge in [0.15, 0.2) is 5.58 Å². The van der Waals surface area contributed by atoms with E-state index in [9.17, 15) is 4.79 Å². The maximum Gasteiger partial charge on any atom is 0.420 e. The van der Waals surface area contributed by atoms with Crippen molar-refractivity contribution in [2.45, 2.75) is 6.54 Å². The molecular weight excluding hydrogens is 287 g/mol. The normalized spacial score (nSPS) is 11.1. The predicted octanol–water partition coefficient (Wildman–Crippen LogP) is 3.34. The molecule has 0 saturated carbocycles. The van der Waals surface area contributed by atoms with Crippen molar-refractivity contribution in [2.24, 2.45) is 0 Å². The second kappa shape index (κ2) is 4.72. The van der Waals surface area contributed by atoms with Crippen LogP contribution in [0.5, 0.6) is 0 Å². The van der Waals surface area contributed by atoms with Crippen molar-refractivity contribution in [2.75, 3.05) is 0 Å². The molecular formula is C13H8Cl2N2O2. The third kappa shape index (κ3) is 2.25. The van der Waals surface area contributed by atoms with Crippen LogP contribution in [0.3, 0.4) is 0 Å². The second-order valence-electron chi connectivity index (χ2n) is 4.02. The van der Waals surface area contributed by atoms with E-state index >= 15 is 0 Å². The molecule has 0 aliphatic heterocycles. The zero-order valence-electron chi connectivity index (χ0n) is 9.64. The fourth-order valence-electron chi connectivity index (χ4n) is 1.89. The van der Waals surface area contributed by atoms with Gasteiger partial charge in [-0.25, -0.2) is 9.78 Å². The highest BCUT2D eigenvalue weighted by molar-refractivity contribution is 6.34. The largest absolute Gasteiger partial charge is 0.420 e. The lowest BCUT2D eigenvalue weighted by Gasteiger charge is -2.04. The number of aromatic nitrogens is 2. The molecule has 0 unspecified atom stereocenters. The molecule has 0 saturated heterocycles. The molecule has 0 N–H and O–H groups in total. The second-order valence-corrected chi connectivity index (χ2v) is 4.81. The van der Waals surface area contributed by atoms with Gasteiger partial charge in [-0.15, -0.1) is 0 Å². The van der Waals surface area contributed by atoms with Crippen LogP contribution in [0.2, 0.25) is 10.2 Å². The van der Waals surface area contributed by atoms with Crippen molar-refractivity contribution in [1.29, 1.82) is 0 Å². The first kappa shape index (κ1) is 12.3. The first-order valence-corrected chi connectivity index (χ1v) is 6.29. The summed E-state index contributed by atoms with van der Waals surface area (Å²) < 4.78 is 6.66. The van der Waals surface area contributed by atoms with Gasteiger partial charge in [0.25, 0.3) is 0 Å². The van der Waals surface area contributed by atoms with Crippen molar-refractivity contribution in [3.8, 4) is 0 Å². The number of benzene rings is 1. The Kier molecular flexibility index (Phi) is 3.05. The molecule has 0 atom stereocenters. The molecule has 96 valence electrons. The summed E-state index contributed by atoms with van der Waals surface area (Å²) in [6.07, 6.45) is 1.55. The van der Waals surface area contributed by atoms with Crippen molar-refractivity contribution in [3.63, 3.8) is 0 Å². The molecule has 1 aromatic carbocycles. The van der Waals surface area contributed by atoms with Gasteiger partial charge in [0.05, 0.1) is 17.1 Å². The molecule has 0 radical (unpaired) electrons. The van der Waals surface area contributed by atoms with Gasteiger partial charge in [-0.3, -0.25) is 4.57 Å². The average Bonchev–Trinajstić information content (AvgIpc) is 2.69. The third-order valence-corrected chi connectivity index (χ3v) is 3.36. The smallest absolute Gasteiger partial charge is 0.408 e. The maximum absolute atomic E-state index is 11.8. The highest BCUT2D eigenvalue weighted by atomic mass is 35.5. The van der Waals surface area contributed by atoms with Crippen molar-refractivity contribution in [3.05, 3.63) is 62.8 Å². The van der Waals surface area contributed by atoms with Crippen LogP contribution in [0.25, 0.3) is 11.1 Å². The minimum Gasteiger partial charge on any atom is -0.408 e. The third-order valence-electron chi connectivity index (χ3n) is 2.80. The number of oxazole rings is 1. The van der Waals surface area contributed by atoms with Gasteiger partial charge in [0, 0.05) is 11.8 Å². The molecule has 19 heavy (non-hydrogen) atoms. The SMILES string of the molecule is O=c1oc2ccccc2n1Cc1cnc(Cl)cc1Cl. The summed E-state index contributed by atoms with van der Waals surface area (Å²) in [5.41, 5.74) is 1.98. The summed E-state index contributed by atoms with van der Waals surface area (Å²) in [5.74, 6) is -0.424. The number of hydrogen-bond acceptors (Lipinski definition) is 3. The molecule has 0 fully saturated rings. The Balaban J connectivity index is 2.10. The molecule has 0 aliphatic carbocycles. The predicted molar refractivity (Wildman–Crippen MR) is 73.8 cm³/mol. The van der Waals surface area contributed by atoms with Crippen LogP contribution in [-0.2, 0) is 6.54 Å². The summed E-state index contributed by atoms with van der Waals surface area (Å²) in [7, 11) is 0. The Morgan fingerprint density at radius 2 is 2.05 bits per heavy atom. The zero-order chi connectivity index (χ0) is 13.4. The van der Waals surface area contributed by atoms with Gasteiger partial charge in [-0.05, 0) is 18.2 Å².